The molecule has 6 heteroatoms. The molecule has 0 aliphatic heterocycles. The summed E-state index contributed by atoms with van der Waals surface area (Å²) in [5, 5.41) is 18.9. The van der Waals surface area contributed by atoms with E-state index in [-0.39, 0.29) is 13.2 Å². The highest BCUT2D eigenvalue weighted by atomic mass is 35.5. The molecule has 0 saturated heterocycles. The molecule has 0 aromatic carbocycles. The molecule has 19 heavy (non-hydrogen) atoms. The van der Waals surface area contributed by atoms with Crippen molar-refractivity contribution in [1.82, 2.24) is 9.97 Å². The minimum absolute atomic E-state index is 0.150. The zero-order valence-corrected chi connectivity index (χ0v) is 11.9. The number of aryl methyl sites for hydroxylation is 1. The van der Waals surface area contributed by atoms with Gasteiger partial charge < -0.3 is 10.2 Å². The number of hydrogen-bond donors (Lipinski definition) is 2. The maximum absolute atomic E-state index is 8.93. The average Bonchev–Trinajstić information content (AvgIpc) is 2.43. The van der Waals surface area contributed by atoms with Crippen LogP contribution < -0.4 is 0 Å². The van der Waals surface area contributed by atoms with Gasteiger partial charge in [-0.1, -0.05) is 23.2 Å². The quantitative estimate of drug-likeness (QED) is 0.895. The first kappa shape index (κ1) is 15.9. The molecule has 0 bridgehead atoms. The van der Waals surface area contributed by atoms with Gasteiger partial charge in [-0.2, -0.15) is 0 Å². The molecule has 0 aliphatic carbocycles. The number of halogens is 2. The Morgan fingerprint density at radius 1 is 1.16 bits per heavy atom. The molecular formula is C13H14Cl2N2O2. The van der Waals surface area contributed by atoms with Crippen molar-refractivity contribution in [2.75, 3.05) is 0 Å². The van der Waals surface area contributed by atoms with E-state index >= 15 is 0 Å². The lowest BCUT2D eigenvalue weighted by Gasteiger charge is -2.07. The molecule has 2 heterocycles. The van der Waals surface area contributed by atoms with E-state index < -0.39 is 0 Å². The Morgan fingerprint density at radius 3 is 2.32 bits per heavy atom. The molecule has 0 spiro atoms. The second-order valence-electron chi connectivity index (χ2n) is 3.65. The molecule has 0 saturated carbocycles. The highest BCUT2D eigenvalue weighted by Gasteiger charge is 2.08. The number of aliphatic hydroxyl groups is 2. The van der Waals surface area contributed by atoms with Gasteiger partial charge in [-0.3, -0.25) is 9.97 Å². The van der Waals surface area contributed by atoms with Gasteiger partial charge in [0.1, 0.15) is 0 Å². The van der Waals surface area contributed by atoms with Crippen LogP contribution >= 0.6 is 23.2 Å². The van der Waals surface area contributed by atoms with E-state index in [4.69, 9.17) is 33.4 Å². The Kier molecular flexibility index (Phi) is 6.73. The van der Waals surface area contributed by atoms with E-state index in [9.17, 15) is 0 Å². The molecule has 0 fully saturated rings. The molecule has 2 N–H and O–H groups in total. The minimum atomic E-state index is -0.169. The summed E-state index contributed by atoms with van der Waals surface area (Å²) < 4.78 is 0. The molecular weight excluding hydrogens is 287 g/mol. The van der Waals surface area contributed by atoms with Crippen molar-refractivity contribution in [3.8, 4) is 0 Å². The zero-order chi connectivity index (χ0) is 14.3. The SMILES string of the molecule is Cc1ncc(CO)c(CO)c1Cl.Clc1cccnc1. The third kappa shape index (κ3) is 4.76. The second-order valence-corrected chi connectivity index (χ2v) is 4.46. The van der Waals surface area contributed by atoms with Crippen molar-refractivity contribution in [3.05, 3.63) is 57.6 Å². The number of aliphatic hydroxyl groups excluding tert-OH is 2. The van der Waals surface area contributed by atoms with Crippen molar-refractivity contribution >= 4 is 23.2 Å². The molecule has 102 valence electrons. The topological polar surface area (TPSA) is 66.2 Å². The predicted octanol–water partition coefficient (Wildman–Crippen LogP) is 2.76. The fourth-order valence-corrected chi connectivity index (χ4v) is 1.68. The largest absolute Gasteiger partial charge is 0.392 e. The second kappa shape index (κ2) is 8.07. The molecule has 2 rings (SSSR count). The lowest BCUT2D eigenvalue weighted by Crippen LogP contribution is -1.98. The van der Waals surface area contributed by atoms with E-state index in [0.717, 1.165) is 0 Å². The van der Waals surface area contributed by atoms with Gasteiger partial charge in [-0.05, 0) is 19.1 Å². The average molecular weight is 301 g/mol. The Labute approximate surface area is 121 Å². The number of hydrogen-bond acceptors (Lipinski definition) is 4. The molecule has 0 radical (unpaired) electrons. The minimum Gasteiger partial charge on any atom is -0.392 e. The summed E-state index contributed by atoms with van der Waals surface area (Å²) in [6, 6.07) is 3.58. The van der Waals surface area contributed by atoms with Gasteiger partial charge in [0.2, 0.25) is 0 Å². The van der Waals surface area contributed by atoms with E-state index in [2.05, 4.69) is 9.97 Å². The number of rotatable bonds is 2. The molecule has 0 atom stereocenters. The van der Waals surface area contributed by atoms with Crippen LogP contribution in [0.2, 0.25) is 10.0 Å². The highest BCUT2D eigenvalue weighted by molar-refractivity contribution is 6.32. The number of pyridine rings is 2. The van der Waals surface area contributed by atoms with Gasteiger partial charge in [-0.25, -0.2) is 0 Å². The third-order valence-electron chi connectivity index (χ3n) is 2.34. The Hall–Kier alpha value is -1.20. The summed E-state index contributed by atoms with van der Waals surface area (Å²) in [5.41, 5.74) is 1.80. The van der Waals surface area contributed by atoms with Crippen molar-refractivity contribution in [3.63, 3.8) is 0 Å². The van der Waals surface area contributed by atoms with E-state index in [1.54, 1.807) is 31.5 Å². The van der Waals surface area contributed by atoms with Crippen molar-refractivity contribution in [1.29, 1.82) is 0 Å². The first-order valence-corrected chi connectivity index (χ1v) is 6.25. The highest BCUT2D eigenvalue weighted by Crippen LogP contribution is 2.22. The normalized spacial score (nSPS) is 9.74. The van der Waals surface area contributed by atoms with Crippen LogP contribution in [-0.4, -0.2) is 20.2 Å². The van der Waals surface area contributed by atoms with Gasteiger partial charge in [0.05, 0.1) is 29.0 Å². The Bertz CT molecular complexity index is 522. The summed E-state index contributed by atoms with van der Waals surface area (Å²) in [4.78, 5) is 7.71. The molecule has 0 unspecified atom stereocenters. The van der Waals surface area contributed by atoms with Crippen LogP contribution in [0.15, 0.2) is 30.7 Å². The van der Waals surface area contributed by atoms with Crippen molar-refractivity contribution < 1.29 is 10.2 Å². The summed E-state index contributed by atoms with van der Waals surface area (Å²) in [5.74, 6) is 0. The summed E-state index contributed by atoms with van der Waals surface area (Å²) >= 11 is 11.3. The van der Waals surface area contributed by atoms with E-state index in [1.165, 1.54) is 6.20 Å². The first-order chi connectivity index (χ1) is 9.10. The van der Waals surface area contributed by atoms with Crippen LogP contribution in [0.5, 0.6) is 0 Å². The van der Waals surface area contributed by atoms with Crippen molar-refractivity contribution in [2.45, 2.75) is 20.1 Å². The fourth-order valence-electron chi connectivity index (χ4n) is 1.32. The standard InChI is InChI=1S/C8H10ClNO2.C5H4ClN/c1-5-8(9)7(4-12)6(3-11)2-10-5;6-5-2-1-3-7-4-5/h2,11-12H,3-4H2,1H3;1-4H. The lowest BCUT2D eigenvalue weighted by atomic mass is 10.1. The number of aromatic nitrogens is 2. The van der Waals surface area contributed by atoms with Gasteiger partial charge in [-0.15, -0.1) is 0 Å². The smallest absolute Gasteiger partial charge is 0.0701 e. The third-order valence-corrected chi connectivity index (χ3v) is 3.06. The van der Waals surface area contributed by atoms with Crippen LogP contribution in [0.25, 0.3) is 0 Å². The number of nitrogens with zero attached hydrogens (tertiary/aromatic N) is 2. The lowest BCUT2D eigenvalue weighted by molar-refractivity contribution is 0.259. The van der Waals surface area contributed by atoms with Crippen LogP contribution in [0.4, 0.5) is 0 Å². The van der Waals surface area contributed by atoms with Gasteiger partial charge in [0, 0.05) is 29.7 Å². The summed E-state index contributed by atoms with van der Waals surface area (Å²) in [7, 11) is 0. The van der Waals surface area contributed by atoms with Gasteiger partial charge in [0.25, 0.3) is 0 Å². The maximum atomic E-state index is 8.93. The summed E-state index contributed by atoms with van der Waals surface area (Å²) in [6.07, 6.45) is 4.81. The van der Waals surface area contributed by atoms with Gasteiger partial charge >= 0.3 is 0 Å². The molecule has 2 aromatic heterocycles. The van der Waals surface area contributed by atoms with Crippen LogP contribution in [0.3, 0.4) is 0 Å². The van der Waals surface area contributed by atoms with Crippen LogP contribution in [-0.2, 0) is 13.2 Å². The molecule has 0 amide bonds. The van der Waals surface area contributed by atoms with Crippen molar-refractivity contribution in [2.24, 2.45) is 0 Å². The molecule has 0 aliphatic rings. The van der Waals surface area contributed by atoms with Gasteiger partial charge in [0.15, 0.2) is 0 Å². The summed E-state index contributed by atoms with van der Waals surface area (Å²) in [6.45, 7) is 1.43. The van der Waals surface area contributed by atoms with E-state index in [0.29, 0.717) is 26.9 Å². The fraction of sp³-hybridized carbons (Fsp3) is 0.231. The first-order valence-electron chi connectivity index (χ1n) is 5.50. The van der Waals surface area contributed by atoms with Crippen LogP contribution in [0.1, 0.15) is 16.8 Å². The molecule has 4 nitrogen and oxygen atoms in total. The zero-order valence-electron chi connectivity index (χ0n) is 10.3. The molecule has 2 aromatic rings. The maximum Gasteiger partial charge on any atom is 0.0701 e. The van der Waals surface area contributed by atoms with E-state index in [1.807, 2.05) is 0 Å². The van der Waals surface area contributed by atoms with Crippen LogP contribution in [0, 0.1) is 6.92 Å². The Balaban J connectivity index is 0.000000218. The Morgan fingerprint density at radius 2 is 1.89 bits per heavy atom. The monoisotopic (exact) mass is 300 g/mol. The predicted molar refractivity (Wildman–Crippen MR) is 75.1 cm³/mol.